The summed E-state index contributed by atoms with van der Waals surface area (Å²) >= 11 is 1.66. The van der Waals surface area contributed by atoms with Crippen LogP contribution in [-0.4, -0.2) is 34.5 Å². The average Bonchev–Trinajstić information content (AvgIpc) is 3.13. The van der Waals surface area contributed by atoms with Gasteiger partial charge in [0.15, 0.2) is 6.29 Å². The van der Waals surface area contributed by atoms with Gasteiger partial charge in [-0.2, -0.15) is 5.10 Å². The van der Waals surface area contributed by atoms with E-state index in [1.807, 2.05) is 41.9 Å². The molecule has 0 aliphatic carbocycles. The van der Waals surface area contributed by atoms with Gasteiger partial charge >= 0.3 is 0 Å². The summed E-state index contributed by atoms with van der Waals surface area (Å²) in [5, 5.41) is 5.43. The van der Waals surface area contributed by atoms with Crippen LogP contribution in [0.15, 0.2) is 35.4 Å². The van der Waals surface area contributed by atoms with Gasteiger partial charge in [-0.05, 0) is 31.9 Å². The Balaban J connectivity index is 1.90. The lowest BCUT2D eigenvalue weighted by Crippen LogP contribution is -2.09. The van der Waals surface area contributed by atoms with Gasteiger partial charge in [-0.15, -0.1) is 11.8 Å². The van der Waals surface area contributed by atoms with E-state index >= 15 is 0 Å². The highest BCUT2D eigenvalue weighted by atomic mass is 32.2. The van der Waals surface area contributed by atoms with E-state index in [2.05, 4.69) is 5.10 Å². The molecule has 1 aromatic carbocycles. The van der Waals surface area contributed by atoms with Crippen molar-refractivity contribution in [2.45, 2.75) is 30.9 Å². The molecule has 21 heavy (non-hydrogen) atoms. The van der Waals surface area contributed by atoms with E-state index < -0.39 is 0 Å². The predicted molar refractivity (Wildman–Crippen MR) is 83.4 cm³/mol. The molecular formula is C16H18N2O2S. The maximum Gasteiger partial charge on any atom is 0.154 e. The average molecular weight is 302 g/mol. The normalized spacial score (nSPS) is 18.0. The molecule has 2 aromatic rings. The summed E-state index contributed by atoms with van der Waals surface area (Å²) in [6.07, 6.45) is 3.42. The quantitative estimate of drug-likeness (QED) is 0.628. The molecule has 4 nitrogen and oxygen atoms in total. The zero-order valence-corrected chi connectivity index (χ0v) is 12.8. The standard InChI is InChI=1S/C16H18N2O2S/c1-12-15(10-19)16(21-11-14-8-5-9-20-14)18(17-12)13-6-3-2-4-7-13/h2-4,6-7,10,14H,5,8-9,11H2,1H3. The van der Waals surface area contributed by atoms with Crippen LogP contribution in [0.25, 0.3) is 5.69 Å². The highest BCUT2D eigenvalue weighted by molar-refractivity contribution is 7.99. The fraction of sp³-hybridized carbons (Fsp3) is 0.375. The fourth-order valence-electron chi connectivity index (χ4n) is 2.48. The first-order valence-electron chi connectivity index (χ1n) is 7.14. The van der Waals surface area contributed by atoms with Crippen LogP contribution in [0.5, 0.6) is 0 Å². The molecule has 1 aliphatic heterocycles. The number of benzene rings is 1. The molecule has 0 amide bonds. The third-order valence-corrected chi connectivity index (χ3v) is 4.82. The smallest absolute Gasteiger partial charge is 0.154 e. The number of thioether (sulfide) groups is 1. The van der Waals surface area contributed by atoms with Crippen molar-refractivity contribution in [2.75, 3.05) is 12.4 Å². The molecule has 1 aromatic heterocycles. The number of aldehydes is 1. The summed E-state index contributed by atoms with van der Waals surface area (Å²) in [6, 6.07) is 9.91. The topological polar surface area (TPSA) is 44.1 Å². The second-order valence-corrected chi connectivity index (χ2v) is 6.12. The van der Waals surface area contributed by atoms with E-state index in [1.54, 1.807) is 11.8 Å². The number of ether oxygens (including phenoxy) is 1. The van der Waals surface area contributed by atoms with Gasteiger partial charge in [0.05, 0.1) is 23.0 Å². The van der Waals surface area contributed by atoms with Crippen LogP contribution in [-0.2, 0) is 4.74 Å². The molecule has 0 saturated carbocycles. The van der Waals surface area contributed by atoms with E-state index in [9.17, 15) is 4.79 Å². The van der Waals surface area contributed by atoms with Crippen LogP contribution >= 0.6 is 11.8 Å². The lowest BCUT2D eigenvalue weighted by molar-refractivity contribution is 0.111. The molecule has 0 spiro atoms. The van der Waals surface area contributed by atoms with Crippen molar-refractivity contribution in [1.82, 2.24) is 9.78 Å². The molecule has 5 heteroatoms. The summed E-state index contributed by atoms with van der Waals surface area (Å²) < 4.78 is 7.52. The number of para-hydroxylation sites is 1. The van der Waals surface area contributed by atoms with Gasteiger partial charge in [0, 0.05) is 12.4 Å². The Kier molecular flexibility index (Phi) is 4.41. The van der Waals surface area contributed by atoms with Crippen molar-refractivity contribution >= 4 is 18.0 Å². The Morgan fingerprint density at radius 2 is 2.24 bits per heavy atom. The minimum Gasteiger partial charge on any atom is -0.377 e. The highest BCUT2D eigenvalue weighted by Crippen LogP contribution is 2.29. The zero-order valence-electron chi connectivity index (χ0n) is 12.0. The summed E-state index contributed by atoms with van der Waals surface area (Å²) in [6.45, 7) is 2.72. The molecule has 1 unspecified atom stereocenters. The van der Waals surface area contributed by atoms with Gasteiger partial charge < -0.3 is 4.74 Å². The van der Waals surface area contributed by atoms with Gasteiger partial charge in [0.1, 0.15) is 5.03 Å². The Labute approximate surface area is 128 Å². The van der Waals surface area contributed by atoms with Crippen molar-refractivity contribution in [2.24, 2.45) is 0 Å². The second-order valence-electron chi connectivity index (χ2n) is 5.12. The molecule has 1 fully saturated rings. The zero-order chi connectivity index (χ0) is 14.7. The summed E-state index contributed by atoms with van der Waals surface area (Å²) in [5.41, 5.74) is 2.43. The van der Waals surface area contributed by atoms with Crippen LogP contribution in [0.2, 0.25) is 0 Å². The highest BCUT2D eigenvalue weighted by Gasteiger charge is 2.20. The molecule has 3 rings (SSSR count). The van der Waals surface area contributed by atoms with Crippen LogP contribution in [0.3, 0.4) is 0 Å². The lowest BCUT2D eigenvalue weighted by Gasteiger charge is -2.11. The number of rotatable bonds is 5. The first-order valence-corrected chi connectivity index (χ1v) is 8.13. The number of carbonyl (C=O) groups excluding carboxylic acids is 1. The molecule has 0 radical (unpaired) electrons. The van der Waals surface area contributed by atoms with Crippen molar-refractivity contribution in [3.8, 4) is 5.69 Å². The van der Waals surface area contributed by atoms with Gasteiger partial charge in [-0.25, -0.2) is 4.68 Å². The van der Waals surface area contributed by atoms with E-state index in [4.69, 9.17) is 4.74 Å². The third-order valence-electron chi connectivity index (χ3n) is 3.61. The van der Waals surface area contributed by atoms with Crippen molar-refractivity contribution in [3.63, 3.8) is 0 Å². The van der Waals surface area contributed by atoms with Gasteiger partial charge in [0.25, 0.3) is 0 Å². The number of nitrogens with zero attached hydrogens (tertiary/aromatic N) is 2. The molecule has 0 bridgehead atoms. The molecule has 1 atom stereocenters. The van der Waals surface area contributed by atoms with E-state index in [0.29, 0.717) is 5.56 Å². The number of aromatic nitrogens is 2. The SMILES string of the molecule is Cc1nn(-c2ccccc2)c(SCC2CCCO2)c1C=O. The fourth-order valence-corrected chi connectivity index (χ4v) is 3.71. The van der Waals surface area contributed by atoms with Crippen molar-refractivity contribution < 1.29 is 9.53 Å². The van der Waals surface area contributed by atoms with E-state index in [0.717, 1.165) is 47.9 Å². The number of carbonyl (C=O) groups is 1. The third kappa shape index (κ3) is 3.04. The number of aryl methyl sites for hydroxylation is 1. The molecule has 1 saturated heterocycles. The predicted octanol–water partition coefficient (Wildman–Crippen LogP) is 3.26. The minimum absolute atomic E-state index is 0.286. The van der Waals surface area contributed by atoms with Crippen molar-refractivity contribution in [1.29, 1.82) is 0 Å². The van der Waals surface area contributed by atoms with Gasteiger partial charge in [0.2, 0.25) is 0 Å². The summed E-state index contributed by atoms with van der Waals surface area (Å²) in [7, 11) is 0. The molecule has 2 heterocycles. The second kappa shape index (κ2) is 6.45. The minimum atomic E-state index is 0.286. The van der Waals surface area contributed by atoms with Gasteiger partial charge in [-0.1, -0.05) is 18.2 Å². The molecule has 1 aliphatic rings. The van der Waals surface area contributed by atoms with Crippen LogP contribution < -0.4 is 0 Å². The van der Waals surface area contributed by atoms with E-state index in [1.165, 1.54) is 0 Å². The van der Waals surface area contributed by atoms with Crippen molar-refractivity contribution in [3.05, 3.63) is 41.6 Å². The van der Waals surface area contributed by atoms with Crippen LogP contribution in [0.1, 0.15) is 28.9 Å². The van der Waals surface area contributed by atoms with Crippen LogP contribution in [0, 0.1) is 6.92 Å². The Morgan fingerprint density at radius 1 is 1.43 bits per heavy atom. The lowest BCUT2D eigenvalue weighted by atomic mass is 10.3. The number of hydrogen-bond donors (Lipinski definition) is 0. The first kappa shape index (κ1) is 14.4. The molecular weight excluding hydrogens is 284 g/mol. The maximum absolute atomic E-state index is 11.4. The summed E-state index contributed by atoms with van der Waals surface area (Å²) in [5.74, 6) is 0.860. The Morgan fingerprint density at radius 3 is 2.90 bits per heavy atom. The molecule has 0 N–H and O–H groups in total. The van der Waals surface area contributed by atoms with Crippen LogP contribution in [0.4, 0.5) is 0 Å². The number of hydrogen-bond acceptors (Lipinski definition) is 4. The molecule has 110 valence electrons. The summed E-state index contributed by atoms with van der Waals surface area (Å²) in [4.78, 5) is 11.4. The first-order chi connectivity index (χ1) is 10.3. The Hall–Kier alpha value is -1.59. The Bertz CT molecular complexity index is 619. The van der Waals surface area contributed by atoms with E-state index in [-0.39, 0.29) is 6.10 Å². The van der Waals surface area contributed by atoms with Gasteiger partial charge in [-0.3, -0.25) is 4.79 Å². The largest absolute Gasteiger partial charge is 0.377 e. The maximum atomic E-state index is 11.4. The monoisotopic (exact) mass is 302 g/mol.